The van der Waals surface area contributed by atoms with E-state index in [0.29, 0.717) is 19.6 Å². The minimum Gasteiger partial charge on any atom is -0.506 e. The van der Waals surface area contributed by atoms with E-state index in [0.717, 1.165) is 12.2 Å². The number of likely N-dealkylation sites (N-methyl/N-ethyl adjacent to an activating group) is 2. The molecule has 0 fully saturated rings. The summed E-state index contributed by atoms with van der Waals surface area (Å²) in [5.41, 5.74) is 0.842. The fourth-order valence-electron chi connectivity index (χ4n) is 1.47. The third-order valence-corrected chi connectivity index (χ3v) is 2.38. The molecule has 0 aliphatic carbocycles. The fourth-order valence-corrected chi connectivity index (χ4v) is 1.47. The highest BCUT2D eigenvalue weighted by Crippen LogP contribution is 2.07. The van der Waals surface area contributed by atoms with Crippen molar-refractivity contribution < 1.29 is 9.90 Å². The number of hydrogen-bond donors (Lipinski definition) is 2. The molecule has 0 atom stereocenters. The Bertz CT molecular complexity index is 351. The largest absolute Gasteiger partial charge is 0.506 e. The number of carbonyl (C=O) groups is 1. The molecule has 17 heavy (non-hydrogen) atoms. The summed E-state index contributed by atoms with van der Waals surface area (Å²) < 4.78 is 0. The van der Waals surface area contributed by atoms with Gasteiger partial charge in [-0.3, -0.25) is 14.7 Å². The van der Waals surface area contributed by atoms with E-state index in [9.17, 15) is 4.79 Å². The van der Waals surface area contributed by atoms with Crippen molar-refractivity contribution in [1.29, 1.82) is 0 Å². The number of nitrogens with one attached hydrogen (secondary N) is 1. The number of amides is 1. The minimum atomic E-state index is 0.0214. The summed E-state index contributed by atoms with van der Waals surface area (Å²) in [5.74, 6) is 0.175. The van der Waals surface area contributed by atoms with Gasteiger partial charge < -0.3 is 10.4 Å². The number of nitrogens with zero attached hydrogens (tertiary/aromatic N) is 2. The van der Waals surface area contributed by atoms with Crippen molar-refractivity contribution in [2.75, 3.05) is 19.6 Å². The summed E-state index contributed by atoms with van der Waals surface area (Å²) in [5, 5.41) is 11.9. The molecule has 0 radical (unpaired) electrons. The number of pyridine rings is 1. The Balaban J connectivity index is 2.51. The predicted octanol–water partition coefficient (Wildman–Crippen LogP) is 0.745. The molecular formula is C12H19N3O2. The Hall–Kier alpha value is -1.62. The molecule has 5 nitrogen and oxygen atoms in total. The Morgan fingerprint density at radius 3 is 2.76 bits per heavy atom. The maximum atomic E-state index is 11.4. The van der Waals surface area contributed by atoms with Gasteiger partial charge in [-0.05, 0) is 25.6 Å². The van der Waals surface area contributed by atoms with Gasteiger partial charge in [0, 0.05) is 13.1 Å². The molecule has 0 aliphatic rings. The lowest BCUT2D eigenvalue weighted by Gasteiger charge is -2.19. The van der Waals surface area contributed by atoms with Crippen LogP contribution < -0.4 is 5.32 Å². The van der Waals surface area contributed by atoms with E-state index < -0.39 is 0 Å². The van der Waals surface area contributed by atoms with E-state index in [1.54, 1.807) is 12.1 Å². The summed E-state index contributed by atoms with van der Waals surface area (Å²) in [6.07, 6.45) is 1.41. The van der Waals surface area contributed by atoms with E-state index >= 15 is 0 Å². The smallest absolute Gasteiger partial charge is 0.234 e. The van der Waals surface area contributed by atoms with Gasteiger partial charge in [-0.2, -0.15) is 0 Å². The third kappa shape index (κ3) is 4.82. The monoisotopic (exact) mass is 237 g/mol. The molecule has 1 rings (SSSR count). The molecular weight excluding hydrogens is 218 g/mol. The average Bonchev–Trinajstić information content (AvgIpc) is 2.31. The Labute approximate surface area is 101 Å². The molecule has 1 aromatic rings. The molecule has 1 aromatic heterocycles. The molecule has 2 N–H and O–H groups in total. The second-order valence-corrected chi connectivity index (χ2v) is 3.76. The van der Waals surface area contributed by atoms with Gasteiger partial charge in [-0.25, -0.2) is 0 Å². The normalized spacial score (nSPS) is 10.5. The number of hydrogen-bond acceptors (Lipinski definition) is 4. The van der Waals surface area contributed by atoms with Gasteiger partial charge in [0.25, 0.3) is 0 Å². The lowest BCUT2D eigenvalue weighted by atomic mass is 10.3. The highest BCUT2D eigenvalue weighted by molar-refractivity contribution is 5.77. The lowest BCUT2D eigenvalue weighted by molar-refractivity contribution is -0.122. The SMILES string of the molecule is CCNC(=O)CN(CC)Cc1ccc(O)cn1. The highest BCUT2D eigenvalue weighted by Gasteiger charge is 2.09. The van der Waals surface area contributed by atoms with Gasteiger partial charge in [0.05, 0.1) is 18.4 Å². The van der Waals surface area contributed by atoms with Crippen LogP contribution in [-0.4, -0.2) is 40.5 Å². The maximum absolute atomic E-state index is 11.4. The minimum absolute atomic E-state index is 0.0214. The van der Waals surface area contributed by atoms with E-state index in [-0.39, 0.29) is 11.7 Å². The zero-order chi connectivity index (χ0) is 12.7. The Morgan fingerprint density at radius 2 is 2.24 bits per heavy atom. The first-order chi connectivity index (χ1) is 8.15. The molecule has 1 heterocycles. The van der Waals surface area contributed by atoms with Crippen LogP contribution in [0.1, 0.15) is 19.5 Å². The van der Waals surface area contributed by atoms with Crippen LogP contribution >= 0.6 is 0 Å². The van der Waals surface area contributed by atoms with Crippen molar-refractivity contribution in [3.8, 4) is 5.75 Å². The van der Waals surface area contributed by atoms with Gasteiger partial charge in [0.1, 0.15) is 5.75 Å². The van der Waals surface area contributed by atoms with Crippen LogP contribution in [0.5, 0.6) is 5.75 Å². The van der Waals surface area contributed by atoms with Crippen LogP contribution in [-0.2, 0) is 11.3 Å². The van der Waals surface area contributed by atoms with Crippen molar-refractivity contribution in [2.24, 2.45) is 0 Å². The predicted molar refractivity (Wildman–Crippen MR) is 65.5 cm³/mol. The Kier molecular flexibility index (Phi) is 5.42. The second kappa shape index (κ2) is 6.85. The summed E-state index contributed by atoms with van der Waals surface area (Å²) in [4.78, 5) is 17.5. The van der Waals surface area contributed by atoms with Gasteiger partial charge in [-0.1, -0.05) is 6.92 Å². The third-order valence-electron chi connectivity index (χ3n) is 2.38. The molecule has 1 amide bonds. The molecule has 0 spiro atoms. The first kappa shape index (κ1) is 13.4. The number of aromatic hydroxyl groups is 1. The van der Waals surface area contributed by atoms with Gasteiger partial charge in [-0.15, -0.1) is 0 Å². The lowest BCUT2D eigenvalue weighted by Crippen LogP contribution is -2.36. The molecule has 0 bridgehead atoms. The molecule has 0 saturated heterocycles. The van der Waals surface area contributed by atoms with E-state index in [4.69, 9.17) is 5.11 Å². The quantitative estimate of drug-likeness (QED) is 0.766. The number of carbonyl (C=O) groups excluding carboxylic acids is 1. The topological polar surface area (TPSA) is 65.5 Å². The zero-order valence-corrected chi connectivity index (χ0v) is 10.3. The first-order valence-corrected chi connectivity index (χ1v) is 5.78. The summed E-state index contributed by atoms with van der Waals surface area (Å²) in [7, 11) is 0. The molecule has 5 heteroatoms. The van der Waals surface area contributed by atoms with Gasteiger partial charge in [0.2, 0.25) is 5.91 Å². The van der Waals surface area contributed by atoms with Crippen LogP contribution in [0.4, 0.5) is 0 Å². The summed E-state index contributed by atoms with van der Waals surface area (Å²) in [6.45, 7) is 6.30. The van der Waals surface area contributed by atoms with Crippen LogP contribution in [0.2, 0.25) is 0 Å². The van der Waals surface area contributed by atoms with Crippen LogP contribution in [0.3, 0.4) is 0 Å². The van der Waals surface area contributed by atoms with Gasteiger partial charge >= 0.3 is 0 Å². The van der Waals surface area contributed by atoms with Crippen LogP contribution in [0.15, 0.2) is 18.3 Å². The maximum Gasteiger partial charge on any atom is 0.234 e. The first-order valence-electron chi connectivity index (χ1n) is 5.78. The van der Waals surface area contributed by atoms with Crippen molar-refractivity contribution in [1.82, 2.24) is 15.2 Å². The molecule has 0 saturated carbocycles. The summed E-state index contributed by atoms with van der Waals surface area (Å²) in [6, 6.07) is 3.36. The van der Waals surface area contributed by atoms with Gasteiger partial charge in [0.15, 0.2) is 0 Å². The number of aromatic nitrogens is 1. The molecule has 94 valence electrons. The molecule has 0 unspecified atom stereocenters. The average molecular weight is 237 g/mol. The standard InChI is InChI=1S/C12H19N3O2/c1-3-13-12(17)9-15(4-2)8-10-5-6-11(16)7-14-10/h5-7,16H,3-4,8-9H2,1-2H3,(H,13,17). The van der Waals surface area contributed by atoms with E-state index in [1.807, 2.05) is 18.7 Å². The van der Waals surface area contributed by atoms with Crippen LogP contribution in [0, 0.1) is 0 Å². The second-order valence-electron chi connectivity index (χ2n) is 3.76. The van der Waals surface area contributed by atoms with Crippen molar-refractivity contribution in [3.05, 3.63) is 24.0 Å². The van der Waals surface area contributed by atoms with Crippen molar-refractivity contribution in [2.45, 2.75) is 20.4 Å². The van der Waals surface area contributed by atoms with Crippen molar-refractivity contribution in [3.63, 3.8) is 0 Å². The van der Waals surface area contributed by atoms with Crippen molar-refractivity contribution >= 4 is 5.91 Å². The molecule has 0 aliphatic heterocycles. The Morgan fingerprint density at radius 1 is 1.47 bits per heavy atom. The van der Waals surface area contributed by atoms with E-state index in [1.165, 1.54) is 6.20 Å². The van der Waals surface area contributed by atoms with E-state index in [2.05, 4.69) is 10.3 Å². The zero-order valence-electron chi connectivity index (χ0n) is 10.3. The fraction of sp³-hybridized carbons (Fsp3) is 0.500. The number of rotatable bonds is 6. The van der Waals surface area contributed by atoms with Crippen LogP contribution in [0.25, 0.3) is 0 Å². The highest BCUT2D eigenvalue weighted by atomic mass is 16.3. The summed E-state index contributed by atoms with van der Waals surface area (Å²) >= 11 is 0. The molecule has 0 aromatic carbocycles.